The summed E-state index contributed by atoms with van der Waals surface area (Å²) in [7, 11) is 0. The molecule has 16 heavy (non-hydrogen) atoms. The molecule has 0 radical (unpaired) electrons. The van der Waals surface area contributed by atoms with Crippen molar-refractivity contribution in [3.63, 3.8) is 0 Å². The normalized spacial score (nSPS) is 8.81. The summed E-state index contributed by atoms with van der Waals surface area (Å²) in [6.45, 7) is 1.63. The van der Waals surface area contributed by atoms with Gasteiger partial charge in [-0.2, -0.15) is 0 Å². The lowest BCUT2D eigenvalue weighted by Crippen LogP contribution is -2.21. The smallest absolute Gasteiger partial charge is 0.251 e. The van der Waals surface area contributed by atoms with Gasteiger partial charge in [0.2, 0.25) is 5.91 Å². The van der Waals surface area contributed by atoms with Gasteiger partial charge in [0, 0.05) is 6.04 Å². The molecule has 0 bridgehead atoms. The third kappa shape index (κ3) is 2.30. The highest BCUT2D eigenvalue weighted by molar-refractivity contribution is 6.09. The molecular formula is C11H11N3O2. The Morgan fingerprint density at radius 2 is 1.94 bits per heavy atom. The third-order valence-corrected chi connectivity index (χ3v) is 1.90. The zero-order valence-electron chi connectivity index (χ0n) is 8.70. The molecule has 5 N–H and O–H groups in total. The van der Waals surface area contributed by atoms with Gasteiger partial charge in [-0.1, -0.05) is 12.0 Å². The van der Waals surface area contributed by atoms with E-state index in [-0.39, 0.29) is 11.1 Å². The molecule has 0 fully saturated rings. The van der Waals surface area contributed by atoms with Crippen molar-refractivity contribution in [3.05, 3.63) is 29.3 Å². The van der Waals surface area contributed by atoms with E-state index in [4.69, 9.17) is 11.5 Å². The average molecular weight is 217 g/mol. The maximum Gasteiger partial charge on any atom is 0.251 e. The number of carbonyl (C=O) groups is 2. The Labute approximate surface area is 92.8 Å². The second kappa shape index (κ2) is 4.84. The van der Waals surface area contributed by atoms with Gasteiger partial charge in [0.1, 0.15) is 0 Å². The Bertz CT molecular complexity index is 498. The van der Waals surface area contributed by atoms with E-state index in [1.54, 1.807) is 19.1 Å². The van der Waals surface area contributed by atoms with Crippen LogP contribution >= 0.6 is 0 Å². The summed E-state index contributed by atoms with van der Waals surface area (Å²) in [5.41, 5.74) is 10.8. The first-order valence-electron chi connectivity index (χ1n) is 4.48. The lowest BCUT2D eigenvalue weighted by atomic mass is 10.0. The van der Waals surface area contributed by atoms with Gasteiger partial charge < -0.3 is 16.8 Å². The fourth-order valence-corrected chi connectivity index (χ4v) is 1.26. The molecule has 0 aliphatic heterocycles. The van der Waals surface area contributed by atoms with E-state index < -0.39 is 11.8 Å². The molecule has 0 heterocycles. The molecule has 82 valence electrons. The number of nitrogens with one attached hydrogen (secondary N) is 1. The van der Waals surface area contributed by atoms with E-state index >= 15 is 0 Å². The number of carbonyl (C=O) groups excluding carboxylic acids is 2. The minimum Gasteiger partial charge on any atom is -0.366 e. The first-order chi connectivity index (χ1) is 7.57. The Balaban J connectivity index is 3.36. The van der Waals surface area contributed by atoms with Crippen LogP contribution in [0, 0.1) is 12.0 Å². The number of hydrogen-bond donors (Lipinski definition) is 3. The summed E-state index contributed by atoms with van der Waals surface area (Å²) in [6, 6.07) is 7.19. The van der Waals surface area contributed by atoms with E-state index in [1.165, 1.54) is 6.07 Å². The molecule has 2 amide bonds. The number of amides is 2. The number of primary amides is 2. The standard InChI is InChI=1S/C11H11N3O2/c1-2-6-14-8-5-3-4-7(10(12)15)9(8)11(13)16/h3-5,14H,1H3,(H2,12,15)(H2,13,16). The van der Waals surface area contributed by atoms with Gasteiger partial charge in [-0.3, -0.25) is 9.59 Å². The summed E-state index contributed by atoms with van der Waals surface area (Å²) >= 11 is 0. The first-order valence-corrected chi connectivity index (χ1v) is 4.48. The van der Waals surface area contributed by atoms with Gasteiger partial charge in [-0.25, -0.2) is 0 Å². The number of rotatable bonds is 3. The van der Waals surface area contributed by atoms with E-state index in [0.29, 0.717) is 5.69 Å². The number of hydrogen-bond acceptors (Lipinski definition) is 3. The predicted octanol–water partition coefficient (Wildman–Crippen LogP) is 0.277. The van der Waals surface area contributed by atoms with Crippen LogP contribution in [0.3, 0.4) is 0 Å². The van der Waals surface area contributed by atoms with Crippen LogP contribution in [0.25, 0.3) is 0 Å². The van der Waals surface area contributed by atoms with Crippen LogP contribution in [0.5, 0.6) is 0 Å². The maximum atomic E-state index is 11.2. The Morgan fingerprint density at radius 3 is 2.44 bits per heavy atom. The van der Waals surface area contributed by atoms with E-state index in [2.05, 4.69) is 17.3 Å². The second-order valence-electron chi connectivity index (χ2n) is 2.96. The molecule has 0 aliphatic rings. The highest BCUT2D eigenvalue weighted by atomic mass is 16.2. The molecule has 0 aliphatic carbocycles. The Kier molecular flexibility index (Phi) is 3.51. The average Bonchev–Trinajstić information content (AvgIpc) is 2.25. The van der Waals surface area contributed by atoms with Crippen molar-refractivity contribution in [2.45, 2.75) is 6.92 Å². The van der Waals surface area contributed by atoms with Gasteiger partial charge in [-0.15, -0.1) is 0 Å². The minimum atomic E-state index is -0.727. The van der Waals surface area contributed by atoms with Crippen LogP contribution < -0.4 is 16.8 Å². The number of nitrogens with two attached hydrogens (primary N) is 2. The largest absolute Gasteiger partial charge is 0.366 e. The predicted molar refractivity (Wildman–Crippen MR) is 60.6 cm³/mol. The molecule has 0 saturated heterocycles. The van der Waals surface area contributed by atoms with Crippen LogP contribution in [-0.4, -0.2) is 11.8 Å². The van der Waals surface area contributed by atoms with Crippen molar-refractivity contribution >= 4 is 17.5 Å². The summed E-state index contributed by atoms with van der Waals surface area (Å²) in [5, 5.41) is 2.67. The molecule has 1 aromatic carbocycles. The Hall–Kier alpha value is -2.48. The van der Waals surface area contributed by atoms with Crippen LogP contribution in [0.1, 0.15) is 27.6 Å². The summed E-state index contributed by atoms with van der Waals surface area (Å²) < 4.78 is 0. The van der Waals surface area contributed by atoms with Crippen LogP contribution in [0.15, 0.2) is 18.2 Å². The van der Waals surface area contributed by atoms with Crippen molar-refractivity contribution in [1.29, 1.82) is 0 Å². The lowest BCUT2D eigenvalue weighted by Gasteiger charge is -2.08. The zero-order chi connectivity index (χ0) is 12.1. The molecule has 0 saturated carbocycles. The molecule has 0 aromatic heterocycles. The van der Waals surface area contributed by atoms with Crippen molar-refractivity contribution in [1.82, 2.24) is 0 Å². The van der Waals surface area contributed by atoms with E-state index in [9.17, 15) is 9.59 Å². The zero-order valence-corrected chi connectivity index (χ0v) is 8.70. The summed E-state index contributed by atoms with van der Waals surface area (Å²) in [5.74, 6) is 1.17. The van der Waals surface area contributed by atoms with Gasteiger partial charge in [-0.05, 0) is 19.1 Å². The number of benzene rings is 1. The SMILES string of the molecule is CC#CNc1cccc(C(N)=O)c1C(N)=O. The molecule has 0 unspecified atom stereocenters. The lowest BCUT2D eigenvalue weighted by molar-refractivity contribution is 0.0968. The van der Waals surface area contributed by atoms with Crippen molar-refractivity contribution in [2.24, 2.45) is 11.5 Å². The monoisotopic (exact) mass is 217 g/mol. The summed E-state index contributed by atoms with van der Waals surface area (Å²) in [4.78, 5) is 22.3. The van der Waals surface area contributed by atoms with Gasteiger partial charge in [0.15, 0.2) is 0 Å². The molecule has 5 nitrogen and oxygen atoms in total. The minimum absolute atomic E-state index is 0.0535. The van der Waals surface area contributed by atoms with Crippen LogP contribution in [-0.2, 0) is 0 Å². The van der Waals surface area contributed by atoms with Crippen LogP contribution in [0.4, 0.5) is 5.69 Å². The molecule has 0 spiro atoms. The highest BCUT2D eigenvalue weighted by Gasteiger charge is 2.16. The fraction of sp³-hybridized carbons (Fsp3) is 0.0909. The van der Waals surface area contributed by atoms with E-state index in [1.807, 2.05) is 0 Å². The molecule has 1 rings (SSSR count). The second-order valence-corrected chi connectivity index (χ2v) is 2.96. The fourth-order valence-electron chi connectivity index (χ4n) is 1.26. The van der Waals surface area contributed by atoms with Crippen molar-refractivity contribution in [2.75, 3.05) is 5.32 Å². The third-order valence-electron chi connectivity index (χ3n) is 1.90. The molecular weight excluding hydrogens is 206 g/mol. The number of anilines is 1. The first kappa shape index (κ1) is 11.6. The topological polar surface area (TPSA) is 98.2 Å². The maximum absolute atomic E-state index is 11.2. The molecule has 5 heteroatoms. The van der Waals surface area contributed by atoms with Gasteiger partial charge in [0.25, 0.3) is 5.91 Å². The van der Waals surface area contributed by atoms with Crippen molar-refractivity contribution < 1.29 is 9.59 Å². The quantitative estimate of drug-likeness (QED) is 0.501. The van der Waals surface area contributed by atoms with Gasteiger partial charge in [0.05, 0.1) is 16.8 Å². The Morgan fingerprint density at radius 1 is 1.25 bits per heavy atom. The van der Waals surface area contributed by atoms with Crippen LogP contribution in [0.2, 0.25) is 0 Å². The van der Waals surface area contributed by atoms with E-state index in [0.717, 1.165) is 0 Å². The highest BCUT2D eigenvalue weighted by Crippen LogP contribution is 2.18. The van der Waals surface area contributed by atoms with Gasteiger partial charge >= 0.3 is 0 Å². The van der Waals surface area contributed by atoms with Crippen molar-refractivity contribution in [3.8, 4) is 12.0 Å². The summed E-state index contributed by atoms with van der Waals surface area (Å²) in [6.07, 6.45) is 0. The molecule has 1 aromatic rings. The molecule has 0 atom stereocenters.